The number of hydrogen-bond donors (Lipinski definition) is 2. The molecule has 1 aliphatic heterocycles. The van der Waals surface area contributed by atoms with Crippen LogP contribution in [0.4, 0.5) is 0 Å². The molecule has 0 radical (unpaired) electrons. The highest BCUT2D eigenvalue weighted by molar-refractivity contribution is 5.66. The van der Waals surface area contributed by atoms with E-state index in [1.807, 2.05) is 6.08 Å². The van der Waals surface area contributed by atoms with Gasteiger partial charge in [-0.1, -0.05) is 50.5 Å². The Hall–Kier alpha value is -1.17. The molecule has 25 heavy (non-hydrogen) atoms. The second-order valence-electron chi connectivity index (χ2n) is 7.19. The molecule has 5 heteroatoms. The van der Waals surface area contributed by atoms with Gasteiger partial charge in [-0.15, -0.1) is 0 Å². The summed E-state index contributed by atoms with van der Waals surface area (Å²) in [5.41, 5.74) is 0. The van der Waals surface area contributed by atoms with E-state index in [9.17, 15) is 9.90 Å². The number of rotatable bonds is 12. The highest BCUT2D eigenvalue weighted by atomic mass is 17.2. The second kappa shape index (κ2) is 10.7. The molecule has 142 valence electrons. The Labute approximate surface area is 150 Å². The Morgan fingerprint density at radius 3 is 2.76 bits per heavy atom. The second-order valence-corrected chi connectivity index (χ2v) is 7.19. The fourth-order valence-corrected chi connectivity index (χ4v) is 3.72. The number of aliphatic hydroxyl groups excluding tert-OH is 1. The van der Waals surface area contributed by atoms with Gasteiger partial charge in [0.1, 0.15) is 6.10 Å². The van der Waals surface area contributed by atoms with Crippen LogP contribution in [0.1, 0.15) is 64.7 Å². The topological polar surface area (TPSA) is 76.0 Å². The molecule has 0 aromatic carbocycles. The molecule has 2 N–H and O–H groups in total. The third kappa shape index (κ3) is 6.57. The van der Waals surface area contributed by atoms with Crippen LogP contribution in [0.15, 0.2) is 24.3 Å². The maximum atomic E-state index is 10.5. The molecule has 2 aliphatic rings. The zero-order chi connectivity index (χ0) is 18.1. The number of allylic oxidation sites excluding steroid dienone is 2. The summed E-state index contributed by atoms with van der Waals surface area (Å²) in [6.45, 7) is 2.16. The van der Waals surface area contributed by atoms with Crippen LogP contribution in [0, 0.1) is 11.8 Å². The molecule has 2 fully saturated rings. The van der Waals surface area contributed by atoms with Gasteiger partial charge in [0.15, 0.2) is 0 Å². The van der Waals surface area contributed by atoms with Gasteiger partial charge in [-0.05, 0) is 25.7 Å². The molecule has 2 rings (SSSR count). The Morgan fingerprint density at radius 1 is 1.20 bits per heavy atom. The number of fused-ring (bicyclic) bond motifs is 2. The van der Waals surface area contributed by atoms with Crippen molar-refractivity contribution >= 4 is 5.97 Å². The van der Waals surface area contributed by atoms with Gasteiger partial charge in [0.05, 0.1) is 12.2 Å². The number of carboxylic acids is 1. The van der Waals surface area contributed by atoms with Gasteiger partial charge in [-0.25, -0.2) is 9.78 Å². The molecule has 5 nitrogen and oxygen atoms in total. The molecule has 1 aliphatic carbocycles. The first-order chi connectivity index (χ1) is 12.1. The summed E-state index contributed by atoms with van der Waals surface area (Å²) in [5.74, 6) is -0.0912. The first kappa shape index (κ1) is 20.1. The molecular formula is C20H32O5. The Kier molecular flexibility index (Phi) is 8.65. The summed E-state index contributed by atoms with van der Waals surface area (Å²) in [7, 11) is 0. The SMILES string of the molecule is CCCCCC(O)/C=C/[C@H]1C2CC(OO2)C1C/C=C\CCCC(=O)O. The first-order valence-electron chi connectivity index (χ1n) is 9.67. The fraction of sp³-hybridized carbons (Fsp3) is 0.750. The summed E-state index contributed by atoms with van der Waals surface area (Å²) in [5, 5.41) is 18.7. The number of aliphatic carboxylic acids is 1. The number of unbranched alkanes of at least 4 members (excludes halogenated alkanes) is 3. The fourth-order valence-electron chi connectivity index (χ4n) is 3.72. The van der Waals surface area contributed by atoms with E-state index in [0.29, 0.717) is 12.3 Å². The molecule has 0 spiro atoms. The van der Waals surface area contributed by atoms with E-state index in [-0.39, 0.29) is 30.7 Å². The lowest BCUT2D eigenvalue weighted by molar-refractivity contribution is -0.336. The molecule has 1 saturated carbocycles. The van der Waals surface area contributed by atoms with Crippen molar-refractivity contribution in [1.82, 2.24) is 0 Å². The van der Waals surface area contributed by atoms with Crippen molar-refractivity contribution in [1.29, 1.82) is 0 Å². The van der Waals surface area contributed by atoms with Crippen molar-refractivity contribution in [2.24, 2.45) is 11.8 Å². The van der Waals surface area contributed by atoms with E-state index < -0.39 is 5.97 Å². The first-order valence-corrected chi connectivity index (χ1v) is 9.67. The summed E-state index contributed by atoms with van der Waals surface area (Å²) in [4.78, 5) is 21.3. The van der Waals surface area contributed by atoms with Crippen molar-refractivity contribution in [2.75, 3.05) is 0 Å². The molecule has 1 heterocycles. The number of carbonyl (C=O) groups is 1. The quantitative estimate of drug-likeness (QED) is 0.315. The summed E-state index contributed by atoms with van der Waals surface area (Å²) < 4.78 is 0. The zero-order valence-corrected chi connectivity index (χ0v) is 15.2. The van der Waals surface area contributed by atoms with Gasteiger partial charge in [0.2, 0.25) is 0 Å². The lowest BCUT2D eigenvalue weighted by Crippen LogP contribution is -2.28. The Morgan fingerprint density at radius 2 is 2.00 bits per heavy atom. The normalized spacial score (nSPS) is 29.8. The molecule has 5 atom stereocenters. The summed E-state index contributed by atoms with van der Waals surface area (Å²) in [6, 6.07) is 0. The van der Waals surface area contributed by atoms with E-state index in [0.717, 1.165) is 44.9 Å². The zero-order valence-electron chi connectivity index (χ0n) is 15.2. The lowest BCUT2D eigenvalue weighted by atomic mass is 9.89. The standard InChI is InChI=1S/C20H32O5/c1-2-3-6-9-15(21)12-13-17-16(18-14-19(17)25-24-18)10-7-4-5-8-11-20(22)23/h4,7,12-13,15-19,21H,2-3,5-6,8-11,14H2,1H3,(H,22,23)/b7-4-,13-12+/t15?,16?,17-,18?,19?/m1/s1. The van der Waals surface area contributed by atoms with Crippen molar-refractivity contribution in [3.63, 3.8) is 0 Å². The monoisotopic (exact) mass is 352 g/mol. The maximum absolute atomic E-state index is 10.5. The van der Waals surface area contributed by atoms with Crippen LogP contribution in [0.5, 0.6) is 0 Å². The van der Waals surface area contributed by atoms with Crippen LogP contribution in [0.2, 0.25) is 0 Å². The van der Waals surface area contributed by atoms with Crippen molar-refractivity contribution < 1.29 is 24.8 Å². The lowest BCUT2D eigenvalue weighted by Gasteiger charge is -2.27. The van der Waals surface area contributed by atoms with Gasteiger partial charge < -0.3 is 10.2 Å². The van der Waals surface area contributed by atoms with Crippen molar-refractivity contribution in [2.45, 2.75) is 83.0 Å². The van der Waals surface area contributed by atoms with Gasteiger partial charge in [-0.3, -0.25) is 4.79 Å². The minimum absolute atomic E-state index is 0.0921. The maximum Gasteiger partial charge on any atom is 0.303 e. The summed E-state index contributed by atoms with van der Waals surface area (Å²) >= 11 is 0. The highest BCUT2D eigenvalue weighted by Crippen LogP contribution is 2.44. The van der Waals surface area contributed by atoms with Gasteiger partial charge in [-0.2, -0.15) is 0 Å². The van der Waals surface area contributed by atoms with E-state index in [2.05, 4.69) is 25.2 Å². The van der Waals surface area contributed by atoms with E-state index in [1.54, 1.807) is 0 Å². The van der Waals surface area contributed by atoms with Crippen LogP contribution >= 0.6 is 0 Å². The Bertz CT molecular complexity index is 459. The van der Waals surface area contributed by atoms with Gasteiger partial charge in [0, 0.05) is 24.7 Å². The number of carboxylic acid groups (broad SMARTS) is 1. The number of aliphatic hydroxyl groups is 1. The van der Waals surface area contributed by atoms with Crippen LogP contribution < -0.4 is 0 Å². The van der Waals surface area contributed by atoms with E-state index in [4.69, 9.17) is 14.9 Å². The predicted octanol–water partition coefficient (Wildman–Crippen LogP) is 4.02. The molecule has 4 unspecified atom stereocenters. The van der Waals surface area contributed by atoms with Gasteiger partial charge >= 0.3 is 5.97 Å². The van der Waals surface area contributed by atoms with Crippen LogP contribution in [-0.2, 0) is 14.6 Å². The predicted molar refractivity (Wildman–Crippen MR) is 95.9 cm³/mol. The van der Waals surface area contributed by atoms with E-state index in [1.165, 1.54) is 0 Å². The van der Waals surface area contributed by atoms with Crippen LogP contribution in [0.3, 0.4) is 0 Å². The van der Waals surface area contributed by atoms with E-state index >= 15 is 0 Å². The number of hydrogen-bond acceptors (Lipinski definition) is 4. The van der Waals surface area contributed by atoms with Crippen molar-refractivity contribution in [3.8, 4) is 0 Å². The van der Waals surface area contributed by atoms with Crippen LogP contribution in [0.25, 0.3) is 0 Å². The average molecular weight is 352 g/mol. The molecule has 1 saturated heterocycles. The molecule has 0 amide bonds. The summed E-state index contributed by atoms with van der Waals surface area (Å²) in [6.07, 6.45) is 15.8. The third-order valence-corrected chi connectivity index (χ3v) is 5.16. The molecule has 0 aromatic heterocycles. The third-order valence-electron chi connectivity index (χ3n) is 5.16. The minimum atomic E-state index is -0.741. The average Bonchev–Trinajstić information content (AvgIpc) is 3.17. The molecule has 2 bridgehead atoms. The molecule has 0 aromatic rings. The van der Waals surface area contributed by atoms with Gasteiger partial charge in [0.25, 0.3) is 0 Å². The highest BCUT2D eigenvalue weighted by Gasteiger charge is 2.49. The largest absolute Gasteiger partial charge is 0.481 e. The Balaban J connectivity index is 1.78. The van der Waals surface area contributed by atoms with Crippen molar-refractivity contribution in [3.05, 3.63) is 24.3 Å². The minimum Gasteiger partial charge on any atom is -0.481 e. The van der Waals surface area contributed by atoms with Crippen LogP contribution in [-0.4, -0.2) is 34.5 Å². The smallest absolute Gasteiger partial charge is 0.303 e. The molecular weight excluding hydrogens is 320 g/mol.